The molecular weight excluding hydrogens is 286 g/mol. The van der Waals surface area contributed by atoms with E-state index in [1.165, 1.54) is 0 Å². The van der Waals surface area contributed by atoms with Crippen LogP contribution in [-0.4, -0.2) is 5.11 Å². The van der Waals surface area contributed by atoms with Crippen LogP contribution in [0.3, 0.4) is 0 Å². The van der Waals surface area contributed by atoms with Gasteiger partial charge in [0.05, 0.1) is 5.02 Å². The predicted molar refractivity (Wildman–Crippen MR) is 81.9 cm³/mol. The molecule has 3 nitrogen and oxygen atoms in total. The van der Waals surface area contributed by atoms with Gasteiger partial charge < -0.3 is 9.84 Å². The fourth-order valence-corrected chi connectivity index (χ4v) is 2.31. The number of aromatic hydroxyl groups is 1. The molecule has 0 atom stereocenters. The Hall–Kier alpha value is -2.70. The average Bonchev–Trinajstić information content (AvgIpc) is 2.48. The maximum atomic E-state index is 10.1. The van der Waals surface area contributed by atoms with Crippen molar-refractivity contribution in [2.24, 2.45) is 0 Å². The zero-order valence-electron chi connectivity index (χ0n) is 10.9. The molecule has 0 saturated carbocycles. The van der Waals surface area contributed by atoms with Crippen molar-refractivity contribution >= 4 is 22.4 Å². The lowest BCUT2D eigenvalue weighted by Crippen LogP contribution is -1.90. The molecule has 21 heavy (non-hydrogen) atoms. The summed E-state index contributed by atoms with van der Waals surface area (Å²) in [6.45, 7) is 0. The first-order chi connectivity index (χ1) is 10.2. The zero-order chi connectivity index (χ0) is 14.8. The minimum atomic E-state index is 0.0116. The van der Waals surface area contributed by atoms with Crippen LogP contribution in [0.15, 0.2) is 54.6 Å². The Bertz CT molecular complexity index is 868. The number of benzene rings is 3. The molecule has 102 valence electrons. The van der Waals surface area contributed by atoms with Gasteiger partial charge in [-0.1, -0.05) is 41.9 Å². The van der Waals surface area contributed by atoms with Gasteiger partial charge in [-0.15, -0.1) is 0 Å². The van der Waals surface area contributed by atoms with Gasteiger partial charge in [0.15, 0.2) is 11.5 Å². The van der Waals surface area contributed by atoms with Crippen LogP contribution < -0.4 is 4.74 Å². The van der Waals surface area contributed by atoms with Gasteiger partial charge in [0, 0.05) is 0 Å². The van der Waals surface area contributed by atoms with Crippen molar-refractivity contribution in [1.29, 1.82) is 5.26 Å². The highest BCUT2D eigenvalue weighted by Crippen LogP contribution is 2.37. The normalized spacial score (nSPS) is 10.3. The lowest BCUT2D eigenvalue weighted by Gasteiger charge is -2.11. The SMILES string of the molecule is N#Cc1c(Cl)cccc1Oc1cc2ccccc2cc1O. The van der Waals surface area contributed by atoms with Gasteiger partial charge in [-0.3, -0.25) is 0 Å². The van der Waals surface area contributed by atoms with Crippen molar-refractivity contribution in [3.63, 3.8) is 0 Å². The first-order valence-corrected chi connectivity index (χ1v) is 6.65. The molecule has 3 aromatic carbocycles. The molecule has 0 aromatic heterocycles. The summed E-state index contributed by atoms with van der Waals surface area (Å²) in [4.78, 5) is 0. The third-order valence-corrected chi connectivity index (χ3v) is 3.45. The van der Waals surface area contributed by atoms with Crippen molar-refractivity contribution in [1.82, 2.24) is 0 Å². The number of fused-ring (bicyclic) bond motifs is 1. The molecule has 0 unspecified atom stereocenters. The first kappa shape index (κ1) is 13.3. The number of hydrogen-bond acceptors (Lipinski definition) is 3. The van der Waals surface area contributed by atoms with E-state index in [9.17, 15) is 5.11 Å². The Morgan fingerprint density at radius 3 is 2.38 bits per heavy atom. The van der Waals surface area contributed by atoms with Crippen molar-refractivity contribution in [2.75, 3.05) is 0 Å². The van der Waals surface area contributed by atoms with Crippen LogP contribution in [0, 0.1) is 11.3 Å². The Balaban J connectivity index is 2.08. The second kappa shape index (κ2) is 5.35. The van der Waals surface area contributed by atoms with Crippen molar-refractivity contribution in [3.05, 3.63) is 65.2 Å². The molecule has 0 aliphatic heterocycles. The van der Waals surface area contributed by atoms with Crippen LogP contribution in [0.1, 0.15) is 5.56 Å². The van der Waals surface area contributed by atoms with E-state index in [4.69, 9.17) is 21.6 Å². The number of nitriles is 1. The van der Waals surface area contributed by atoms with Crippen molar-refractivity contribution in [3.8, 4) is 23.3 Å². The van der Waals surface area contributed by atoms with E-state index in [-0.39, 0.29) is 17.1 Å². The third-order valence-electron chi connectivity index (χ3n) is 3.13. The summed E-state index contributed by atoms with van der Waals surface area (Å²) in [6, 6.07) is 17.9. The number of rotatable bonds is 2. The fourth-order valence-electron chi connectivity index (χ4n) is 2.11. The van der Waals surface area contributed by atoms with E-state index in [0.29, 0.717) is 10.8 Å². The monoisotopic (exact) mass is 295 g/mol. The highest BCUT2D eigenvalue weighted by molar-refractivity contribution is 6.31. The topological polar surface area (TPSA) is 53.2 Å². The van der Waals surface area contributed by atoms with Crippen LogP contribution in [-0.2, 0) is 0 Å². The summed E-state index contributed by atoms with van der Waals surface area (Å²) < 4.78 is 5.66. The van der Waals surface area contributed by atoms with Crippen LogP contribution in [0.4, 0.5) is 0 Å². The molecular formula is C17H10ClNO2. The molecule has 3 aromatic rings. The second-order valence-corrected chi connectivity index (χ2v) is 4.90. The van der Waals surface area contributed by atoms with Gasteiger partial charge in [0.2, 0.25) is 0 Å². The van der Waals surface area contributed by atoms with Crippen LogP contribution in [0.2, 0.25) is 5.02 Å². The van der Waals surface area contributed by atoms with Crippen molar-refractivity contribution < 1.29 is 9.84 Å². The van der Waals surface area contributed by atoms with Gasteiger partial charge in [-0.2, -0.15) is 5.26 Å². The molecule has 0 saturated heterocycles. The first-order valence-electron chi connectivity index (χ1n) is 6.27. The molecule has 4 heteroatoms. The summed E-state index contributed by atoms with van der Waals surface area (Å²) in [5.74, 6) is 0.612. The minimum Gasteiger partial charge on any atom is -0.504 e. The molecule has 0 bridgehead atoms. The molecule has 0 aliphatic carbocycles. The summed E-state index contributed by atoms with van der Waals surface area (Å²) in [7, 11) is 0. The van der Waals surface area contributed by atoms with E-state index in [2.05, 4.69) is 0 Å². The Morgan fingerprint density at radius 2 is 1.67 bits per heavy atom. The average molecular weight is 296 g/mol. The quantitative estimate of drug-likeness (QED) is 0.734. The molecule has 1 N–H and O–H groups in total. The second-order valence-electron chi connectivity index (χ2n) is 4.49. The summed E-state index contributed by atoms with van der Waals surface area (Å²) in [5, 5.41) is 21.4. The molecule has 0 amide bonds. The van der Waals surface area contributed by atoms with E-state index in [1.54, 1.807) is 30.3 Å². The molecule has 0 fully saturated rings. The summed E-state index contributed by atoms with van der Waals surface area (Å²) in [6.07, 6.45) is 0. The Morgan fingerprint density at radius 1 is 0.952 bits per heavy atom. The number of ether oxygens (including phenoxy) is 1. The molecule has 0 spiro atoms. The smallest absolute Gasteiger partial charge is 0.169 e. The largest absolute Gasteiger partial charge is 0.504 e. The standard InChI is InChI=1S/C17H10ClNO2/c18-14-6-3-7-16(13(14)10-19)21-17-9-12-5-2-1-4-11(12)8-15(17)20/h1-9,20H. The molecule has 0 aliphatic rings. The van der Waals surface area contributed by atoms with E-state index >= 15 is 0 Å². The third kappa shape index (κ3) is 2.49. The fraction of sp³-hybridized carbons (Fsp3) is 0. The van der Waals surface area contributed by atoms with Gasteiger partial charge in [-0.25, -0.2) is 0 Å². The summed E-state index contributed by atoms with van der Waals surface area (Å²) >= 11 is 5.97. The predicted octanol–water partition coefficient (Wildman–Crippen LogP) is 4.86. The number of phenols is 1. The Labute approximate surface area is 126 Å². The highest BCUT2D eigenvalue weighted by Gasteiger charge is 2.11. The van der Waals surface area contributed by atoms with Crippen LogP contribution in [0.25, 0.3) is 10.8 Å². The Kier molecular flexibility index (Phi) is 3.39. The van der Waals surface area contributed by atoms with Gasteiger partial charge in [0.25, 0.3) is 0 Å². The molecule has 3 rings (SSSR count). The van der Waals surface area contributed by atoms with E-state index < -0.39 is 0 Å². The van der Waals surface area contributed by atoms with E-state index in [0.717, 1.165) is 10.8 Å². The molecule has 0 radical (unpaired) electrons. The number of nitrogens with zero attached hydrogens (tertiary/aromatic N) is 1. The van der Waals surface area contributed by atoms with Crippen molar-refractivity contribution in [2.45, 2.75) is 0 Å². The van der Waals surface area contributed by atoms with Gasteiger partial charge in [0.1, 0.15) is 17.4 Å². The number of halogens is 1. The maximum Gasteiger partial charge on any atom is 0.169 e. The highest BCUT2D eigenvalue weighted by atomic mass is 35.5. The van der Waals surface area contributed by atoms with Crippen LogP contribution >= 0.6 is 11.6 Å². The molecule has 0 heterocycles. The minimum absolute atomic E-state index is 0.0116. The van der Waals surface area contributed by atoms with E-state index in [1.807, 2.05) is 30.3 Å². The lowest BCUT2D eigenvalue weighted by atomic mass is 10.1. The van der Waals surface area contributed by atoms with Crippen LogP contribution in [0.5, 0.6) is 17.2 Å². The summed E-state index contributed by atoms with van der Waals surface area (Å²) in [5.41, 5.74) is 0.242. The number of hydrogen-bond donors (Lipinski definition) is 1. The maximum absolute atomic E-state index is 10.1. The van der Waals surface area contributed by atoms with Gasteiger partial charge >= 0.3 is 0 Å². The van der Waals surface area contributed by atoms with Gasteiger partial charge in [-0.05, 0) is 35.0 Å². The zero-order valence-corrected chi connectivity index (χ0v) is 11.6. The number of phenolic OH excluding ortho intramolecular Hbond substituents is 1. The lowest BCUT2D eigenvalue weighted by molar-refractivity contribution is 0.412.